The molecule has 3 aromatic carbocycles. The van der Waals surface area contributed by atoms with Gasteiger partial charge in [0.1, 0.15) is 6.61 Å². The Labute approximate surface area is 173 Å². The molecule has 0 N–H and O–H groups in total. The van der Waals surface area contributed by atoms with E-state index in [0.717, 1.165) is 44.3 Å². The molecular weight excluding hydrogens is 374 g/mol. The predicted molar refractivity (Wildman–Crippen MR) is 117 cm³/mol. The van der Waals surface area contributed by atoms with E-state index in [4.69, 9.17) is 9.72 Å². The predicted octanol–water partition coefficient (Wildman–Crippen LogP) is 5.31. The summed E-state index contributed by atoms with van der Waals surface area (Å²) in [5.74, 6) is -0.407. The second kappa shape index (κ2) is 7.19. The van der Waals surface area contributed by atoms with Crippen LogP contribution in [0.15, 0.2) is 66.7 Å². The Morgan fingerprint density at radius 3 is 2.20 bits per heavy atom. The lowest BCUT2D eigenvalue weighted by molar-refractivity contribution is 0.0470. The fourth-order valence-electron chi connectivity index (χ4n) is 3.66. The lowest BCUT2D eigenvalue weighted by Crippen LogP contribution is -2.07. The van der Waals surface area contributed by atoms with E-state index in [9.17, 15) is 4.79 Å². The van der Waals surface area contributed by atoms with Gasteiger partial charge in [0.2, 0.25) is 0 Å². The largest absolute Gasteiger partial charge is 0.456 e. The third-order valence-electron chi connectivity index (χ3n) is 5.34. The van der Waals surface area contributed by atoms with Crippen LogP contribution in [0.2, 0.25) is 0 Å². The van der Waals surface area contributed by atoms with Crippen molar-refractivity contribution in [3.8, 4) is 0 Å². The van der Waals surface area contributed by atoms with E-state index in [1.165, 1.54) is 0 Å². The van der Waals surface area contributed by atoms with Crippen molar-refractivity contribution >= 4 is 38.7 Å². The molecule has 146 valence electrons. The zero-order valence-electron chi connectivity index (χ0n) is 16.7. The maximum absolute atomic E-state index is 12.7. The lowest BCUT2D eigenvalue weighted by atomic mass is 10.0. The van der Waals surface area contributed by atoms with E-state index in [-0.39, 0.29) is 6.61 Å². The third-order valence-corrected chi connectivity index (χ3v) is 5.34. The van der Waals surface area contributed by atoms with Gasteiger partial charge in [-0.1, -0.05) is 42.5 Å². The van der Waals surface area contributed by atoms with Gasteiger partial charge in [0.25, 0.3) is 0 Å². The lowest BCUT2D eigenvalue weighted by Gasteiger charge is -2.10. The maximum Gasteiger partial charge on any atom is 0.338 e. The summed E-state index contributed by atoms with van der Waals surface area (Å²) in [5, 5.41) is 3.17. The van der Waals surface area contributed by atoms with Crippen molar-refractivity contribution in [1.29, 1.82) is 0 Å². The number of pyridine rings is 1. The van der Waals surface area contributed by atoms with Crippen molar-refractivity contribution < 1.29 is 9.53 Å². The first-order valence-corrected chi connectivity index (χ1v) is 9.78. The van der Waals surface area contributed by atoms with Gasteiger partial charge < -0.3 is 4.74 Å². The number of hydrogen-bond donors (Lipinski definition) is 0. The van der Waals surface area contributed by atoms with Gasteiger partial charge >= 0.3 is 5.97 Å². The van der Waals surface area contributed by atoms with Crippen LogP contribution in [0.4, 0.5) is 0 Å². The van der Waals surface area contributed by atoms with Crippen LogP contribution in [-0.4, -0.2) is 20.9 Å². The molecule has 0 fully saturated rings. The van der Waals surface area contributed by atoms with Gasteiger partial charge in [-0.15, -0.1) is 0 Å². The summed E-state index contributed by atoms with van der Waals surface area (Å²) in [6.45, 7) is 3.93. The summed E-state index contributed by atoms with van der Waals surface area (Å²) in [4.78, 5) is 26.5. The molecule has 5 rings (SSSR count). The van der Waals surface area contributed by atoms with Gasteiger partial charge in [-0.2, -0.15) is 0 Å². The van der Waals surface area contributed by atoms with Gasteiger partial charge in [0.15, 0.2) is 0 Å². The van der Waals surface area contributed by atoms with Crippen LogP contribution in [0, 0.1) is 13.8 Å². The fourth-order valence-corrected chi connectivity index (χ4v) is 3.66. The van der Waals surface area contributed by atoms with Crippen molar-refractivity contribution in [2.75, 3.05) is 0 Å². The number of aromatic nitrogens is 3. The molecular formula is C25H19N3O2. The zero-order valence-corrected chi connectivity index (χ0v) is 16.7. The Bertz CT molecular complexity index is 1440. The van der Waals surface area contributed by atoms with E-state index in [2.05, 4.69) is 22.1 Å². The monoisotopic (exact) mass is 393 g/mol. The van der Waals surface area contributed by atoms with Crippen LogP contribution in [0.3, 0.4) is 0 Å². The number of aryl methyl sites for hydroxylation is 2. The minimum atomic E-state index is -0.407. The molecule has 0 radical (unpaired) electrons. The molecule has 0 saturated heterocycles. The summed E-state index contributed by atoms with van der Waals surface area (Å²) in [6.07, 6.45) is 0. The van der Waals surface area contributed by atoms with Gasteiger partial charge in [0.05, 0.1) is 39.2 Å². The van der Waals surface area contributed by atoms with Crippen molar-refractivity contribution in [3.05, 3.63) is 89.4 Å². The van der Waals surface area contributed by atoms with Crippen LogP contribution in [0.1, 0.15) is 27.4 Å². The number of nitrogens with zero attached hydrogens (tertiary/aromatic N) is 3. The first kappa shape index (κ1) is 18.2. The van der Waals surface area contributed by atoms with Crippen LogP contribution >= 0.6 is 0 Å². The number of hydrogen-bond acceptors (Lipinski definition) is 5. The minimum absolute atomic E-state index is 0.0980. The van der Waals surface area contributed by atoms with Crippen molar-refractivity contribution in [3.63, 3.8) is 0 Å². The summed E-state index contributed by atoms with van der Waals surface area (Å²) in [5.41, 5.74) is 5.24. The third kappa shape index (κ3) is 3.14. The molecule has 5 heteroatoms. The molecule has 0 aliphatic carbocycles. The van der Waals surface area contributed by atoms with E-state index in [0.29, 0.717) is 11.1 Å². The number of carbonyl (C=O) groups is 1. The quantitative estimate of drug-likeness (QED) is 0.307. The van der Waals surface area contributed by atoms with Gasteiger partial charge in [0, 0.05) is 10.8 Å². The Hall–Kier alpha value is -3.86. The molecule has 0 amide bonds. The van der Waals surface area contributed by atoms with Crippen LogP contribution in [-0.2, 0) is 11.3 Å². The molecule has 0 unspecified atom stereocenters. The van der Waals surface area contributed by atoms with Gasteiger partial charge in [-0.05, 0) is 43.5 Å². The van der Waals surface area contributed by atoms with Crippen LogP contribution in [0.25, 0.3) is 32.7 Å². The first-order valence-electron chi connectivity index (χ1n) is 9.78. The zero-order chi connectivity index (χ0) is 20.7. The number of para-hydroxylation sites is 1. The van der Waals surface area contributed by atoms with E-state index in [1.807, 2.05) is 50.2 Å². The molecule has 5 nitrogen and oxygen atoms in total. The molecule has 2 aromatic heterocycles. The average molecular weight is 393 g/mol. The first-order chi connectivity index (χ1) is 14.6. The van der Waals surface area contributed by atoms with Gasteiger partial charge in [-0.25, -0.2) is 19.7 Å². The number of carbonyl (C=O) groups excluding carboxylic acids is 1. The van der Waals surface area contributed by atoms with Crippen molar-refractivity contribution in [1.82, 2.24) is 15.0 Å². The molecule has 5 aromatic rings. The Kier molecular flexibility index (Phi) is 4.36. The van der Waals surface area contributed by atoms with E-state index >= 15 is 0 Å². The Morgan fingerprint density at radius 2 is 1.40 bits per heavy atom. The summed E-state index contributed by atoms with van der Waals surface area (Å²) >= 11 is 0. The smallest absolute Gasteiger partial charge is 0.338 e. The highest BCUT2D eigenvalue weighted by atomic mass is 16.5. The molecule has 0 saturated carbocycles. The molecule has 0 bridgehead atoms. The SMILES string of the molecule is Cc1nc2ccc(C(=O)OCc3nc4ccccc4c4ccccc34)cc2nc1C. The van der Waals surface area contributed by atoms with E-state index in [1.54, 1.807) is 18.2 Å². The second-order valence-corrected chi connectivity index (χ2v) is 7.30. The fraction of sp³-hybridized carbons (Fsp3) is 0.120. The topological polar surface area (TPSA) is 65.0 Å². The van der Waals surface area contributed by atoms with Crippen molar-refractivity contribution in [2.24, 2.45) is 0 Å². The second-order valence-electron chi connectivity index (χ2n) is 7.30. The minimum Gasteiger partial charge on any atom is -0.456 e. The standard InChI is InChI=1S/C25H19N3O2/c1-15-16(2)27-23-13-17(11-12-22(23)26-15)25(29)30-14-24-20-9-4-3-7-18(20)19-8-5-6-10-21(19)28-24/h3-13H,14H2,1-2H3. The number of esters is 1. The summed E-state index contributed by atoms with van der Waals surface area (Å²) in [7, 11) is 0. The Balaban J connectivity index is 1.47. The number of rotatable bonds is 3. The molecule has 0 aliphatic heterocycles. The van der Waals surface area contributed by atoms with E-state index < -0.39 is 5.97 Å². The molecule has 0 aliphatic rings. The number of ether oxygens (including phenoxy) is 1. The number of benzene rings is 3. The molecule has 30 heavy (non-hydrogen) atoms. The molecule has 0 spiro atoms. The highest BCUT2D eigenvalue weighted by Gasteiger charge is 2.13. The highest BCUT2D eigenvalue weighted by Crippen LogP contribution is 2.27. The van der Waals surface area contributed by atoms with Crippen molar-refractivity contribution in [2.45, 2.75) is 20.5 Å². The highest BCUT2D eigenvalue weighted by molar-refractivity contribution is 6.06. The van der Waals surface area contributed by atoms with Crippen LogP contribution in [0.5, 0.6) is 0 Å². The Morgan fingerprint density at radius 1 is 0.733 bits per heavy atom. The molecule has 0 atom stereocenters. The van der Waals surface area contributed by atoms with Crippen LogP contribution < -0.4 is 0 Å². The normalized spacial score (nSPS) is 11.3. The average Bonchev–Trinajstić information content (AvgIpc) is 2.77. The summed E-state index contributed by atoms with van der Waals surface area (Å²) in [6, 6.07) is 21.3. The molecule has 2 heterocycles. The maximum atomic E-state index is 12.7. The van der Waals surface area contributed by atoms with Gasteiger partial charge in [-0.3, -0.25) is 0 Å². The summed E-state index contributed by atoms with van der Waals surface area (Å²) < 4.78 is 5.62. The number of fused-ring (bicyclic) bond motifs is 4.